The highest BCUT2D eigenvalue weighted by Crippen LogP contribution is 2.45. The second-order valence-corrected chi connectivity index (χ2v) is 11.5. The van der Waals surface area contributed by atoms with E-state index in [0.717, 1.165) is 46.3 Å². The number of hydrogen-bond acceptors (Lipinski definition) is 4. The van der Waals surface area contributed by atoms with Gasteiger partial charge >= 0.3 is 6.03 Å². The van der Waals surface area contributed by atoms with E-state index in [2.05, 4.69) is 30.2 Å². The summed E-state index contributed by atoms with van der Waals surface area (Å²) in [6.45, 7) is 11.0. The SMILES string of the molecule is CCc1cc2c(cc1NC(=O)N1CCC(C(C)(C)O)CC1)C(C)(C)c1[nH]c3cc(C#N)ccc3c1C2=O. The van der Waals surface area contributed by atoms with Crippen molar-refractivity contribution in [3.05, 3.63) is 63.8 Å². The van der Waals surface area contributed by atoms with Crippen molar-refractivity contribution < 1.29 is 14.7 Å². The minimum Gasteiger partial charge on any atom is -0.390 e. The lowest BCUT2D eigenvalue weighted by Gasteiger charge is -2.38. The number of ketones is 1. The Morgan fingerprint density at radius 3 is 2.57 bits per heavy atom. The van der Waals surface area contributed by atoms with E-state index in [9.17, 15) is 20.0 Å². The van der Waals surface area contributed by atoms with Gasteiger partial charge < -0.3 is 20.3 Å². The Hall–Kier alpha value is -3.63. The molecule has 1 saturated heterocycles. The van der Waals surface area contributed by atoms with Crippen molar-refractivity contribution in [2.45, 2.75) is 64.9 Å². The van der Waals surface area contributed by atoms with Gasteiger partial charge in [0.2, 0.25) is 0 Å². The van der Waals surface area contributed by atoms with Gasteiger partial charge in [0.05, 0.1) is 22.8 Å². The number of nitriles is 1. The quantitative estimate of drug-likeness (QED) is 0.444. The van der Waals surface area contributed by atoms with Crippen molar-refractivity contribution in [1.82, 2.24) is 9.88 Å². The molecule has 0 saturated carbocycles. The van der Waals surface area contributed by atoms with Crippen molar-refractivity contribution in [2.75, 3.05) is 18.4 Å². The number of nitrogens with zero attached hydrogens (tertiary/aromatic N) is 2. The average molecular weight is 499 g/mol. The van der Waals surface area contributed by atoms with Gasteiger partial charge in [-0.3, -0.25) is 4.79 Å². The van der Waals surface area contributed by atoms with Crippen molar-refractivity contribution in [3.8, 4) is 6.07 Å². The predicted octanol–water partition coefficient (Wildman–Crippen LogP) is 5.49. The summed E-state index contributed by atoms with van der Waals surface area (Å²) < 4.78 is 0. The van der Waals surface area contributed by atoms with E-state index in [1.165, 1.54) is 0 Å². The van der Waals surface area contributed by atoms with Gasteiger partial charge in [0.25, 0.3) is 0 Å². The largest absolute Gasteiger partial charge is 0.390 e. The van der Waals surface area contributed by atoms with Crippen LogP contribution in [0.15, 0.2) is 30.3 Å². The highest BCUT2D eigenvalue weighted by Gasteiger charge is 2.40. The van der Waals surface area contributed by atoms with Crippen LogP contribution >= 0.6 is 0 Å². The summed E-state index contributed by atoms with van der Waals surface area (Å²) in [6, 6.07) is 11.3. The second kappa shape index (κ2) is 8.74. The predicted molar refractivity (Wildman–Crippen MR) is 144 cm³/mol. The van der Waals surface area contributed by atoms with Crippen LogP contribution in [0.5, 0.6) is 0 Å². The number of likely N-dealkylation sites (tertiary alicyclic amines) is 1. The third kappa shape index (κ3) is 4.10. The van der Waals surface area contributed by atoms with Gasteiger partial charge in [-0.1, -0.05) is 26.8 Å². The van der Waals surface area contributed by atoms with Gasteiger partial charge in [-0.15, -0.1) is 0 Å². The minimum atomic E-state index is -0.744. The Morgan fingerprint density at radius 2 is 1.95 bits per heavy atom. The number of carbonyl (C=O) groups is 2. The maximum Gasteiger partial charge on any atom is 0.321 e. The van der Waals surface area contributed by atoms with Crippen LogP contribution in [0.2, 0.25) is 0 Å². The average Bonchev–Trinajstić information content (AvgIpc) is 3.27. The lowest BCUT2D eigenvalue weighted by molar-refractivity contribution is -0.00705. The molecule has 0 radical (unpaired) electrons. The van der Waals surface area contributed by atoms with E-state index in [-0.39, 0.29) is 17.7 Å². The normalized spacial score (nSPS) is 17.3. The Kier molecular flexibility index (Phi) is 5.91. The number of H-pyrrole nitrogens is 1. The van der Waals surface area contributed by atoms with Crippen molar-refractivity contribution in [3.63, 3.8) is 0 Å². The number of piperidine rings is 1. The molecule has 1 aromatic heterocycles. The number of aromatic amines is 1. The van der Waals surface area contributed by atoms with Crippen LogP contribution in [0.3, 0.4) is 0 Å². The monoisotopic (exact) mass is 498 g/mol. The van der Waals surface area contributed by atoms with E-state index in [0.29, 0.717) is 36.2 Å². The van der Waals surface area contributed by atoms with Crippen LogP contribution in [0.4, 0.5) is 10.5 Å². The van der Waals surface area contributed by atoms with Gasteiger partial charge in [-0.2, -0.15) is 5.26 Å². The fourth-order valence-electron chi connectivity index (χ4n) is 5.98. The summed E-state index contributed by atoms with van der Waals surface area (Å²) in [5.41, 5.74) is 4.70. The summed E-state index contributed by atoms with van der Waals surface area (Å²) in [6.07, 6.45) is 2.20. The molecule has 2 amide bonds. The number of aliphatic hydroxyl groups is 1. The molecule has 0 unspecified atom stereocenters. The van der Waals surface area contributed by atoms with E-state index in [4.69, 9.17) is 0 Å². The molecule has 0 bridgehead atoms. The van der Waals surface area contributed by atoms with Gasteiger partial charge in [0, 0.05) is 46.4 Å². The van der Waals surface area contributed by atoms with E-state index in [1.807, 2.05) is 39.0 Å². The molecule has 3 N–H and O–H groups in total. The summed E-state index contributed by atoms with van der Waals surface area (Å²) in [7, 11) is 0. The van der Waals surface area contributed by atoms with E-state index < -0.39 is 11.0 Å². The summed E-state index contributed by atoms with van der Waals surface area (Å²) in [5.74, 6) is 0.134. The molecule has 5 rings (SSSR count). The van der Waals surface area contributed by atoms with Crippen molar-refractivity contribution in [2.24, 2.45) is 5.92 Å². The Balaban J connectivity index is 1.49. The van der Waals surface area contributed by atoms with Crippen LogP contribution in [-0.4, -0.2) is 45.5 Å². The molecule has 37 heavy (non-hydrogen) atoms. The summed E-state index contributed by atoms with van der Waals surface area (Å²) in [4.78, 5) is 32.2. The molecular weight excluding hydrogens is 464 g/mol. The first-order valence-electron chi connectivity index (χ1n) is 13.0. The number of rotatable bonds is 3. The molecule has 2 aliphatic rings. The molecule has 7 heteroatoms. The first-order valence-corrected chi connectivity index (χ1v) is 13.0. The number of amides is 2. The zero-order valence-electron chi connectivity index (χ0n) is 22.2. The molecule has 0 atom stereocenters. The van der Waals surface area contributed by atoms with Gasteiger partial charge in [0.15, 0.2) is 5.78 Å². The number of benzene rings is 2. The highest BCUT2D eigenvalue weighted by molar-refractivity contribution is 6.20. The number of anilines is 1. The summed E-state index contributed by atoms with van der Waals surface area (Å²) >= 11 is 0. The number of fused-ring (bicyclic) bond motifs is 4. The lowest BCUT2D eigenvalue weighted by Crippen LogP contribution is -2.45. The maximum atomic E-state index is 13.8. The number of nitrogens with one attached hydrogen (secondary N) is 2. The highest BCUT2D eigenvalue weighted by atomic mass is 16.3. The lowest BCUT2D eigenvalue weighted by atomic mass is 9.70. The fourth-order valence-corrected chi connectivity index (χ4v) is 5.98. The third-order valence-electron chi connectivity index (χ3n) is 8.34. The molecule has 1 fully saturated rings. The van der Waals surface area contributed by atoms with Crippen LogP contribution in [0.1, 0.15) is 85.8 Å². The molecular formula is C30H34N4O3. The molecule has 2 aromatic carbocycles. The minimum absolute atomic E-state index is 0.0402. The first kappa shape index (κ1) is 25.0. The number of aryl methyl sites for hydroxylation is 1. The van der Waals surface area contributed by atoms with Gasteiger partial charge in [0.1, 0.15) is 0 Å². The Bertz CT molecular complexity index is 1460. The zero-order valence-corrected chi connectivity index (χ0v) is 22.2. The number of urea groups is 1. The summed E-state index contributed by atoms with van der Waals surface area (Å²) in [5, 5.41) is 23.6. The molecule has 192 valence electrons. The standard InChI is InChI=1S/C30H34N4O3/c1-6-18-14-21-22(15-23(18)33-28(36)34-11-9-19(10-12-34)30(4,5)37)29(2,3)27-25(26(21)35)20-8-7-17(16-31)13-24(20)32-27/h7-8,13-15,19,32,37H,6,9-12H2,1-5H3,(H,33,36). The molecule has 3 aromatic rings. The smallest absolute Gasteiger partial charge is 0.321 e. The molecule has 1 aliphatic heterocycles. The van der Waals surface area contributed by atoms with Crippen LogP contribution in [-0.2, 0) is 11.8 Å². The van der Waals surface area contributed by atoms with Crippen LogP contribution < -0.4 is 5.32 Å². The molecule has 7 nitrogen and oxygen atoms in total. The molecule has 2 heterocycles. The topological polar surface area (TPSA) is 109 Å². The Labute approximate surface area is 217 Å². The number of hydrogen-bond donors (Lipinski definition) is 3. The van der Waals surface area contributed by atoms with Crippen molar-refractivity contribution in [1.29, 1.82) is 5.26 Å². The first-order chi connectivity index (χ1) is 17.5. The van der Waals surface area contributed by atoms with E-state index in [1.54, 1.807) is 17.0 Å². The van der Waals surface area contributed by atoms with E-state index >= 15 is 0 Å². The third-order valence-corrected chi connectivity index (χ3v) is 8.34. The van der Waals surface area contributed by atoms with Gasteiger partial charge in [-0.05, 0) is 74.4 Å². The number of carbonyl (C=O) groups excluding carboxylic acids is 2. The molecule has 1 aliphatic carbocycles. The Morgan fingerprint density at radius 1 is 1.24 bits per heavy atom. The van der Waals surface area contributed by atoms with Crippen LogP contribution in [0, 0.1) is 17.2 Å². The number of aromatic nitrogens is 1. The maximum absolute atomic E-state index is 13.8. The molecule has 0 spiro atoms. The fraction of sp³-hybridized carbons (Fsp3) is 0.433. The zero-order chi connectivity index (χ0) is 26.7. The van der Waals surface area contributed by atoms with Crippen molar-refractivity contribution >= 4 is 28.4 Å². The van der Waals surface area contributed by atoms with Crippen LogP contribution in [0.25, 0.3) is 10.9 Å². The second-order valence-electron chi connectivity index (χ2n) is 11.5. The van der Waals surface area contributed by atoms with Gasteiger partial charge in [-0.25, -0.2) is 4.79 Å².